The molecule has 0 aliphatic heterocycles. The van der Waals surface area contributed by atoms with Crippen molar-refractivity contribution in [2.75, 3.05) is 5.32 Å². The molecule has 18 heavy (non-hydrogen) atoms. The Balaban J connectivity index is 2.55. The van der Waals surface area contributed by atoms with Crippen LogP contribution in [0.15, 0.2) is 29.4 Å². The fourth-order valence-corrected chi connectivity index (χ4v) is 1.41. The molecule has 0 bridgehead atoms. The van der Waals surface area contributed by atoms with Crippen molar-refractivity contribution in [3.05, 3.63) is 30.1 Å². The molecule has 3 nitrogen and oxygen atoms in total. The summed E-state index contributed by atoms with van der Waals surface area (Å²) in [6, 6.07) is 6.36. The monoisotopic (exact) mass is 267 g/mol. The van der Waals surface area contributed by atoms with Crippen molar-refractivity contribution < 1.29 is 4.39 Å². The van der Waals surface area contributed by atoms with Gasteiger partial charge < -0.3 is 5.32 Å². The standard InChI is InChI=1S/C13H18FN3S/c1-4-9(2)10(3)16-17-13(18)15-12-8-6-5-7-11(12)14/h5-9H,4H2,1-3H3,(H2,15,17,18)/b16-10-/t9-/m0/s1. The highest BCUT2D eigenvalue weighted by Gasteiger charge is 2.04. The minimum absolute atomic E-state index is 0.280. The van der Waals surface area contributed by atoms with E-state index in [2.05, 4.69) is 29.7 Å². The fraction of sp³-hybridized carbons (Fsp3) is 0.385. The summed E-state index contributed by atoms with van der Waals surface area (Å²) in [5.74, 6) is 0.0537. The summed E-state index contributed by atoms with van der Waals surface area (Å²) in [4.78, 5) is 0. The zero-order valence-corrected chi connectivity index (χ0v) is 11.6. The molecular formula is C13H18FN3S. The summed E-state index contributed by atoms with van der Waals surface area (Å²) in [6.45, 7) is 6.13. The molecule has 1 rings (SSSR count). The summed E-state index contributed by atoms with van der Waals surface area (Å²) in [5, 5.41) is 7.20. The van der Waals surface area contributed by atoms with Gasteiger partial charge in [0.15, 0.2) is 5.11 Å². The Morgan fingerprint density at radius 3 is 2.72 bits per heavy atom. The van der Waals surface area contributed by atoms with Gasteiger partial charge in [-0.2, -0.15) is 5.10 Å². The van der Waals surface area contributed by atoms with E-state index in [1.807, 2.05) is 6.92 Å². The van der Waals surface area contributed by atoms with E-state index < -0.39 is 0 Å². The third kappa shape index (κ3) is 4.41. The number of anilines is 1. The molecule has 5 heteroatoms. The van der Waals surface area contributed by atoms with E-state index in [0.717, 1.165) is 12.1 Å². The van der Waals surface area contributed by atoms with Crippen LogP contribution in [-0.2, 0) is 0 Å². The molecule has 0 spiro atoms. The Hall–Kier alpha value is -1.49. The van der Waals surface area contributed by atoms with Crippen molar-refractivity contribution in [3.63, 3.8) is 0 Å². The van der Waals surface area contributed by atoms with Gasteiger partial charge in [-0.1, -0.05) is 26.0 Å². The van der Waals surface area contributed by atoms with Crippen molar-refractivity contribution in [3.8, 4) is 0 Å². The molecule has 0 radical (unpaired) electrons. The van der Waals surface area contributed by atoms with Gasteiger partial charge in [-0.15, -0.1) is 0 Å². The van der Waals surface area contributed by atoms with E-state index in [1.54, 1.807) is 18.2 Å². The number of halogens is 1. The topological polar surface area (TPSA) is 36.4 Å². The van der Waals surface area contributed by atoms with Crippen molar-refractivity contribution in [2.45, 2.75) is 27.2 Å². The van der Waals surface area contributed by atoms with Crippen LogP contribution in [0.5, 0.6) is 0 Å². The first-order valence-corrected chi connectivity index (χ1v) is 6.31. The Labute approximate surface area is 112 Å². The summed E-state index contributed by atoms with van der Waals surface area (Å²) in [6.07, 6.45) is 1.02. The molecule has 0 saturated heterocycles. The van der Waals surface area contributed by atoms with Crippen LogP contribution in [-0.4, -0.2) is 10.8 Å². The van der Waals surface area contributed by atoms with E-state index >= 15 is 0 Å². The van der Waals surface area contributed by atoms with Crippen molar-refractivity contribution >= 4 is 28.7 Å². The largest absolute Gasteiger partial charge is 0.329 e. The van der Waals surface area contributed by atoms with Crippen LogP contribution < -0.4 is 10.7 Å². The Morgan fingerprint density at radius 2 is 2.11 bits per heavy atom. The van der Waals surface area contributed by atoms with Gasteiger partial charge in [0.2, 0.25) is 0 Å². The summed E-state index contributed by atoms with van der Waals surface area (Å²) >= 11 is 5.04. The van der Waals surface area contributed by atoms with Crippen molar-refractivity contribution in [2.24, 2.45) is 11.0 Å². The number of hydrogen-bond donors (Lipinski definition) is 2. The minimum Gasteiger partial charge on any atom is -0.329 e. The molecule has 1 aromatic rings. The van der Waals surface area contributed by atoms with Gasteiger partial charge in [-0.05, 0) is 43.6 Å². The van der Waals surface area contributed by atoms with Crippen LogP contribution >= 0.6 is 12.2 Å². The molecule has 98 valence electrons. The first kappa shape index (κ1) is 14.6. The molecule has 0 fully saturated rings. The number of nitrogens with zero attached hydrogens (tertiary/aromatic N) is 1. The average molecular weight is 267 g/mol. The normalized spacial score (nSPS) is 13.0. The zero-order chi connectivity index (χ0) is 13.5. The lowest BCUT2D eigenvalue weighted by Gasteiger charge is -2.11. The van der Waals surface area contributed by atoms with Gasteiger partial charge in [0, 0.05) is 5.71 Å². The third-order valence-electron chi connectivity index (χ3n) is 2.78. The molecule has 1 atom stereocenters. The van der Waals surface area contributed by atoms with Crippen molar-refractivity contribution in [1.29, 1.82) is 0 Å². The number of nitrogens with one attached hydrogen (secondary N) is 2. The summed E-state index contributed by atoms with van der Waals surface area (Å²) in [5.41, 5.74) is 4.02. The molecule has 0 aliphatic rings. The van der Waals surface area contributed by atoms with Gasteiger partial charge in [-0.25, -0.2) is 4.39 Å². The molecule has 1 aromatic carbocycles. The lowest BCUT2D eigenvalue weighted by atomic mass is 10.1. The molecule has 0 heterocycles. The minimum atomic E-state index is -0.343. The van der Waals surface area contributed by atoms with E-state index in [9.17, 15) is 4.39 Å². The highest BCUT2D eigenvalue weighted by Crippen LogP contribution is 2.11. The number of benzene rings is 1. The Kier molecular flexibility index (Phi) is 5.71. The molecule has 0 amide bonds. The lowest BCUT2D eigenvalue weighted by Crippen LogP contribution is -2.26. The number of hydrogen-bond acceptors (Lipinski definition) is 2. The van der Waals surface area contributed by atoms with E-state index in [-0.39, 0.29) is 10.9 Å². The van der Waals surface area contributed by atoms with Crippen LogP contribution in [0.3, 0.4) is 0 Å². The molecule has 2 N–H and O–H groups in total. The van der Waals surface area contributed by atoms with Gasteiger partial charge >= 0.3 is 0 Å². The maximum absolute atomic E-state index is 13.3. The second-order valence-corrected chi connectivity index (χ2v) is 4.52. The van der Waals surface area contributed by atoms with Crippen LogP contribution in [0.2, 0.25) is 0 Å². The quantitative estimate of drug-likeness (QED) is 0.498. The van der Waals surface area contributed by atoms with E-state index in [4.69, 9.17) is 12.2 Å². The number of hydrazone groups is 1. The second-order valence-electron chi connectivity index (χ2n) is 4.11. The highest BCUT2D eigenvalue weighted by molar-refractivity contribution is 7.80. The first-order valence-electron chi connectivity index (χ1n) is 5.90. The number of thiocarbonyl (C=S) groups is 1. The summed E-state index contributed by atoms with van der Waals surface area (Å²) in [7, 11) is 0. The predicted molar refractivity (Wildman–Crippen MR) is 78.3 cm³/mol. The average Bonchev–Trinajstić information content (AvgIpc) is 2.37. The van der Waals surface area contributed by atoms with Crippen LogP contribution in [0.4, 0.5) is 10.1 Å². The third-order valence-corrected chi connectivity index (χ3v) is 2.97. The highest BCUT2D eigenvalue weighted by atomic mass is 32.1. The smallest absolute Gasteiger partial charge is 0.191 e. The molecule has 0 aromatic heterocycles. The van der Waals surface area contributed by atoms with Gasteiger partial charge in [0.25, 0.3) is 0 Å². The molecule has 0 aliphatic carbocycles. The fourth-order valence-electron chi connectivity index (χ4n) is 1.26. The van der Waals surface area contributed by atoms with Gasteiger partial charge in [-0.3, -0.25) is 5.43 Å². The molecule has 0 saturated carbocycles. The maximum atomic E-state index is 13.3. The van der Waals surface area contributed by atoms with Crippen LogP contribution in [0, 0.1) is 11.7 Å². The van der Waals surface area contributed by atoms with Crippen LogP contribution in [0.1, 0.15) is 27.2 Å². The lowest BCUT2D eigenvalue weighted by molar-refractivity contribution is 0.632. The Morgan fingerprint density at radius 1 is 1.44 bits per heavy atom. The van der Waals surface area contributed by atoms with Crippen molar-refractivity contribution in [1.82, 2.24) is 5.43 Å². The van der Waals surface area contributed by atoms with Gasteiger partial charge in [0.1, 0.15) is 5.82 Å². The number of rotatable bonds is 4. The zero-order valence-electron chi connectivity index (χ0n) is 10.8. The van der Waals surface area contributed by atoms with E-state index in [0.29, 0.717) is 11.6 Å². The maximum Gasteiger partial charge on any atom is 0.191 e. The second kappa shape index (κ2) is 7.06. The molecular weight excluding hydrogens is 249 g/mol. The SMILES string of the molecule is CC[C@H](C)/C(C)=N\NC(=S)Nc1ccccc1F. The molecule has 0 unspecified atom stereocenters. The Bertz CT molecular complexity index is 446. The van der Waals surface area contributed by atoms with E-state index in [1.165, 1.54) is 6.07 Å². The first-order chi connectivity index (χ1) is 8.54. The van der Waals surface area contributed by atoms with Gasteiger partial charge in [0.05, 0.1) is 5.69 Å². The van der Waals surface area contributed by atoms with Crippen LogP contribution in [0.25, 0.3) is 0 Å². The number of para-hydroxylation sites is 1. The predicted octanol–water partition coefficient (Wildman–Crippen LogP) is 3.53. The summed E-state index contributed by atoms with van der Waals surface area (Å²) < 4.78 is 13.3.